The molecule has 1 aromatic rings. The molecule has 0 aliphatic heterocycles. The Morgan fingerprint density at radius 1 is 1.43 bits per heavy atom. The second-order valence-corrected chi connectivity index (χ2v) is 5.46. The van der Waals surface area contributed by atoms with Gasteiger partial charge in [0, 0.05) is 19.4 Å². The van der Waals surface area contributed by atoms with Crippen molar-refractivity contribution in [2.24, 2.45) is 0 Å². The van der Waals surface area contributed by atoms with Gasteiger partial charge in [-0.15, -0.1) is 11.3 Å². The number of nitriles is 1. The number of nitrogens with one attached hydrogen (secondary N) is 1. The number of rotatable bonds is 7. The number of thiophene rings is 1. The molecule has 1 rings (SSSR count). The fraction of sp³-hybridized carbons (Fsp3) is 0.538. The van der Waals surface area contributed by atoms with Crippen LogP contribution in [0.1, 0.15) is 47.8 Å². The summed E-state index contributed by atoms with van der Waals surface area (Å²) in [5, 5.41) is 12.4. The second-order valence-electron chi connectivity index (χ2n) is 4.44. The van der Waals surface area contributed by atoms with Crippen LogP contribution in [0.2, 0.25) is 0 Å². The first-order chi connectivity index (χ1) is 9.80. The summed E-state index contributed by atoms with van der Waals surface area (Å²) in [7, 11) is 0. The lowest BCUT2D eigenvalue weighted by Crippen LogP contribution is -2.08. The maximum absolute atomic E-state index is 12.0. The monoisotopic (exact) mass is 319 g/mol. The lowest BCUT2D eigenvalue weighted by atomic mass is 10.2. The van der Waals surface area contributed by atoms with Crippen molar-refractivity contribution >= 4 is 27.8 Å². The number of unbranched alkanes of at least 4 members (excludes halogenated alkanes) is 1. The number of hydrogen-bond donors (Lipinski definition) is 2. The molecule has 1 aromatic heterocycles. The molecule has 0 aliphatic carbocycles. The van der Waals surface area contributed by atoms with Crippen molar-refractivity contribution in [1.29, 1.82) is 5.26 Å². The zero-order chi connectivity index (χ0) is 16.0. The Hall–Kier alpha value is -1.75. The molecule has 0 atom stereocenters. The second kappa shape index (κ2) is 7.31. The number of nitrogens with zero attached hydrogens (tertiary/aromatic N) is 1. The first kappa shape index (κ1) is 17.3. The number of carbonyl (C=O) groups is 1. The lowest BCUT2D eigenvalue weighted by Gasteiger charge is -2.06. The molecule has 0 bridgehead atoms. The van der Waals surface area contributed by atoms with Gasteiger partial charge < -0.3 is 11.1 Å². The first-order valence-electron chi connectivity index (χ1n) is 6.46. The van der Waals surface area contributed by atoms with E-state index in [1.165, 1.54) is 0 Å². The van der Waals surface area contributed by atoms with Gasteiger partial charge in [-0.1, -0.05) is 6.92 Å². The summed E-state index contributed by atoms with van der Waals surface area (Å²) in [6.07, 6.45) is -4.36. The predicted molar refractivity (Wildman–Crippen MR) is 76.5 cm³/mol. The Morgan fingerprint density at radius 3 is 2.62 bits per heavy atom. The first-order valence-corrected chi connectivity index (χ1v) is 7.28. The lowest BCUT2D eigenvalue weighted by molar-refractivity contribution is -0.135. The smallest absolute Gasteiger partial charge is 0.389 e. The molecule has 0 aromatic carbocycles. The molecule has 0 aliphatic rings. The topological polar surface area (TPSA) is 78.9 Å². The van der Waals surface area contributed by atoms with Gasteiger partial charge in [-0.3, -0.25) is 4.79 Å². The van der Waals surface area contributed by atoms with Crippen LogP contribution in [0.3, 0.4) is 0 Å². The summed E-state index contributed by atoms with van der Waals surface area (Å²) in [6, 6.07) is 1.92. The van der Waals surface area contributed by atoms with Gasteiger partial charge in [0.15, 0.2) is 5.78 Å². The van der Waals surface area contributed by atoms with Crippen molar-refractivity contribution < 1.29 is 18.0 Å². The summed E-state index contributed by atoms with van der Waals surface area (Å²) < 4.78 is 36.0. The molecule has 3 N–H and O–H groups in total. The third kappa shape index (κ3) is 4.93. The summed E-state index contributed by atoms with van der Waals surface area (Å²) in [5.41, 5.74) is 6.09. The molecule has 0 amide bonds. The van der Waals surface area contributed by atoms with E-state index in [1.807, 2.05) is 6.07 Å². The maximum atomic E-state index is 12.0. The highest BCUT2D eigenvalue weighted by molar-refractivity contribution is 7.19. The number of ketones is 1. The average molecular weight is 319 g/mol. The van der Waals surface area contributed by atoms with Crippen molar-refractivity contribution in [3.63, 3.8) is 0 Å². The number of hydrogen-bond acceptors (Lipinski definition) is 5. The number of anilines is 2. The van der Waals surface area contributed by atoms with Crippen LogP contribution in [0.15, 0.2) is 0 Å². The Morgan fingerprint density at radius 2 is 2.10 bits per heavy atom. The summed E-state index contributed by atoms with van der Waals surface area (Å²) in [4.78, 5) is 12.0. The molecule has 0 unspecified atom stereocenters. The van der Waals surface area contributed by atoms with Crippen LogP contribution in [0.25, 0.3) is 0 Å². The van der Waals surface area contributed by atoms with Crippen LogP contribution < -0.4 is 11.1 Å². The van der Waals surface area contributed by atoms with Crippen molar-refractivity contribution in [3.05, 3.63) is 10.4 Å². The van der Waals surface area contributed by atoms with E-state index >= 15 is 0 Å². The minimum absolute atomic E-state index is 0.0139. The van der Waals surface area contributed by atoms with Crippen molar-refractivity contribution in [3.8, 4) is 6.07 Å². The van der Waals surface area contributed by atoms with Crippen molar-refractivity contribution in [1.82, 2.24) is 0 Å². The standard InChI is InChI=1S/C13H16F3N3OS/c1-2-9(20)11-10(18)8(7-17)12(21-11)19-6-4-3-5-13(14,15)16/h19H,2-6,18H2,1H3. The third-order valence-corrected chi connectivity index (χ3v) is 4.01. The van der Waals surface area contributed by atoms with E-state index in [0.29, 0.717) is 22.8 Å². The van der Waals surface area contributed by atoms with Crippen molar-refractivity contribution in [2.45, 2.75) is 38.8 Å². The molecule has 116 valence electrons. The Balaban J connectivity index is 2.63. The van der Waals surface area contributed by atoms with E-state index in [9.17, 15) is 18.0 Å². The van der Waals surface area contributed by atoms with Gasteiger partial charge in [0.25, 0.3) is 0 Å². The van der Waals surface area contributed by atoms with Crippen LogP contribution in [-0.4, -0.2) is 18.5 Å². The zero-order valence-corrected chi connectivity index (χ0v) is 12.3. The predicted octanol–water partition coefficient (Wildman–Crippen LogP) is 3.94. The van der Waals surface area contributed by atoms with Crippen LogP contribution in [0.5, 0.6) is 0 Å². The largest absolute Gasteiger partial charge is 0.396 e. The zero-order valence-electron chi connectivity index (χ0n) is 11.5. The van der Waals surface area contributed by atoms with Crippen LogP contribution in [0, 0.1) is 11.3 Å². The normalized spacial score (nSPS) is 11.2. The maximum Gasteiger partial charge on any atom is 0.389 e. The number of halogens is 3. The molecule has 0 saturated heterocycles. The Bertz CT molecular complexity index is 546. The van der Waals surface area contributed by atoms with E-state index in [4.69, 9.17) is 11.0 Å². The number of alkyl halides is 3. The molecule has 0 radical (unpaired) electrons. The van der Waals surface area contributed by atoms with E-state index in [0.717, 1.165) is 11.3 Å². The highest BCUT2D eigenvalue weighted by atomic mass is 32.1. The molecule has 8 heteroatoms. The Labute approximate surface area is 124 Å². The molecule has 4 nitrogen and oxygen atoms in total. The highest BCUT2D eigenvalue weighted by Gasteiger charge is 2.26. The SMILES string of the molecule is CCC(=O)c1sc(NCCCCC(F)(F)F)c(C#N)c1N. The van der Waals surface area contributed by atoms with Crippen molar-refractivity contribution in [2.75, 3.05) is 17.6 Å². The van der Waals surface area contributed by atoms with Gasteiger partial charge in [-0.05, 0) is 12.8 Å². The highest BCUT2D eigenvalue weighted by Crippen LogP contribution is 2.36. The van der Waals surface area contributed by atoms with Crippen LogP contribution in [-0.2, 0) is 0 Å². The molecular formula is C13H16F3N3OS. The fourth-order valence-corrected chi connectivity index (χ4v) is 2.81. The number of carbonyl (C=O) groups excluding carboxylic acids is 1. The van der Waals surface area contributed by atoms with Gasteiger partial charge in [0.05, 0.1) is 10.6 Å². The molecule has 21 heavy (non-hydrogen) atoms. The molecule has 0 fully saturated rings. The van der Waals surface area contributed by atoms with E-state index in [2.05, 4.69) is 5.32 Å². The number of nitrogens with two attached hydrogens (primary N) is 1. The van der Waals surface area contributed by atoms with Gasteiger partial charge >= 0.3 is 6.18 Å². The van der Waals surface area contributed by atoms with E-state index < -0.39 is 12.6 Å². The molecule has 1 heterocycles. The quantitative estimate of drug-likeness (QED) is 0.589. The van der Waals surface area contributed by atoms with Gasteiger partial charge in [-0.2, -0.15) is 18.4 Å². The minimum atomic E-state index is -4.15. The van der Waals surface area contributed by atoms with E-state index in [1.54, 1.807) is 6.92 Å². The van der Waals surface area contributed by atoms with Crippen LogP contribution >= 0.6 is 11.3 Å². The number of Topliss-reactive ketones (excluding diaryl/α,β-unsaturated/α-hetero) is 1. The summed E-state index contributed by atoms with van der Waals surface area (Å²) >= 11 is 1.08. The molecular weight excluding hydrogens is 303 g/mol. The molecule has 0 spiro atoms. The summed E-state index contributed by atoms with van der Waals surface area (Å²) in [6.45, 7) is 1.99. The fourth-order valence-electron chi connectivity index (χ4n) is 1.70. The summed E-state index contributed by atoms with van der Waals surface area (Å²) in [5.74, 6) is -0.154. The van der Waals surface area contributed by atoms with Gasteiger partial charge in [-0.25, -0.2) is 0 Å². The minimum Gasteiger partial charge on any atom is -0.396 e. The number of nitrogen functional groups attached to an aromatic ring is 1. The average Bonchev–Trinajstić information content (AvgIpc) is 2.72. The Kier molecular flexibility index (Phi) is 6.03. The van der Waals surface area contributed by atoms with Gasteiger partial charge in [0.1, 0.15) is 16.6 Å². The van der Waals surface area contributed by atoms with Crippen LogP contribution in [0.4, 0.5) is 23.9 Å². The van der Waals surface area contributed by atoms with Gasteiger partial charge in [0.2, 0.25) is 0 Å². The molecule has 0 saturated carbocycles. The third-order valence-electron chi connectivity index (χ3n) is 2.80. The van der Waals surface area contributed by atoms with E-state index in [-0.39, 0.29) is 29.9 Å².